The summed E-state index contributed by atoms with van der Waals surface area (Å²) in [7, 11) is -7.87. The van der Waals surface area contributed by atoms with Gasteiger partial charge in [-0.3, -0.25) is 0 Å². The van der Waals surface area contributed by atoms with Crippen molar-refractivity contribution in [2.75, 3.05) is 0 Å². The number of hydrogen-bond donors (Lipinski definition) is 0. The van der Waals surface area contributed by atoms with Gasteiger partial charge in [-0.1, -0.05) is 6.08 Å². The first-order chi connectivity index (χ1) is 8.18. The largest absolute Gasteiger partial charge is 0.497 e. The van der Waals surface area contributed by atoms with E-state index in [4.69, 9.17) is 12.3 Å². The van der Waals surface area contributed by atoms with Crippen LogP contribution in [-0.4, -0.2) is 33.8 Å². The summed E-state index contributed by atoms with van der Waals surface area (Å²) in [5.74, 6) is 0. The molecule has 0 saturated carbocycles. The van der Waals surface area contributed by atoms with Crippen molar-refractivity contribution in [2.24, 2.45) is 0 Å². The van der Waals surface area contributed by atoms with E-state index >= 15 is 0 Å². The Morgan fingerprint density at radius 2 is 0.842 bits per heavy atom. The van der Waals surface area contributed by atoms with Crippen LogP contribution >= 0.6 is 0 Å². The molecule has 0 spiro atoms. The molecule has 0 fully saturated rings. The second-order valence-corrected chi connectivity index (χ2v) is 24.4. The Morgan fingerprint density at radius 3 is 1.00 bits per heavy atom. The first kappa shape index (κ1) is 19.5. The first-order valence-corrected chi connectivity index (χ1v) is 19.0. The van der Waals surface area contributed by atoms with Crippen molar-refractivity contribution in [3.8, 4) is 0 Å². The van der Waals surface area contributed by atoms with Gasteiger partial charge in [-0.05, 0) is 71.5 Å². The van der Waals surface area contributed by atoms with Crippen molar-refractivity contribution < 1.29 is 12.3 Å². The molecule has 0 rings (SSSR count). The third kappa shape index (κ3) is 9.94. The summed E-state index contributed by atoms with van der Waals surface area (Å²) in [5.41, 5.74) is 2.07. The Labute approximate surface area is 124 Å². The third-order valence-electron chi connectivity index (χ3n) is 1.72. The molecular weight excluding hydrogens is 304 g/mol. The zero-order valence-corrected chi connectivity index (χ0v) is 18.4. The molecule has 0 aliphatic heterocycles. The summed E-state index contributed by atoms with van der Waals surface area (Å²) in [4.78, 5) is 0. The monoisotopic (exact) mass is 336 g/mol. The maximum atomic E-state index is 6.43. The van der Waals surface area contributed by atoms with Gasteiger partial charge < -0.3 is 12.3 Å². The van der Waals surface area contributed by atoms with Crippen LogP contribution in [0.3, 0.4) is 0 Å². The second-order valence-electron chi connectivity index (χ2n) is 7.75. The molecule has 19 heavy (non-hydrogen) atoms. The van der Waals surface area contributed by atoms with Crippen LogP contribution < -0.4 is 0 Å². The molecule has 0 aromatic heterocycles. The molecule has 0 heterocycles. The van der Waals surface area contributed by atoms with Crippen molar-refractivity contribution in [1.29, 1.82) is 0 Å². The van der Waals surface area contributed by atoms with Crippen molar-refractivity contribution in [2.45, 2.75) is 65.8 Å². The lowest BCUT2D eigenvalue weighted by Gasteiger charge is -2.41. The topological polar surface area (TPSA) is 27.7 Å². The highest BCUT2D eigenvalue weighted by molar-refractivity contribution is 6.92. The van der Waals surface area contributed by atoms with Gasteiger partial charge in [0.05, 0.1) is 0 Å². The summed E-state index contributed by atoms with van der Waals surface area (Å²) >= 11 is 0. The van der Waals surface area contributed by atoms with E-state index in [9.17, 15) is 0 Å². The van der Waals surface area contributed by atoms with Gasteiger partial charge in [0.1, 0.15) is 0 Å². The Hall–Kier alpha value is 0.488. The van der Waals surface area contributed by atoms with Crippen molar-refractivity contribution >= 4 is 33.8 Å². The average molecular weight is 337 g/mol. The lowest BCUT2D eigenvalue weighted by Crippen LogP contribution is -2.59. The highest BCUT2D eigenvalue weighted by atomic mass is 28.5. The fourth-order valence-electron chi connectivity index (χ4n) is 1.65. The van der Waals surface area contributed by atoms with E-state index in [2.05, 4.69) is 64.6 Å². The zero-order valence-electron chi connectivity index (χ0n) is 14.4. The minimum absolute atomic E-state index is 1.72. The van der Waals surface area contributed by atoms with Crippen LogP contribution in [0.25, 0.3) is 0 Å². The lowest BCUT2D eigenvalue weighted by atomic mass is 10.8. The molecule has 0 saturated heterocycles. The van der Waals surface area contributed by atoms with Gasteiger partial charge in [0.2, 0.25) is 0 Å². The van der Waals surface area contributed by atoms with Crippen LogP contribution in [0, 0.1) is 0 Å². The van der Waals surface area contributed by atoms with E-state index in [0.29, 0.717) is 0 Å². The fourth-order valence-corrected chi connectivity index (χ4v) is 14.7. The molecule has 0 atom stereocenters. The highest BCUT2D eigenvalue weighted by Crippen LogP contribution is 2.26. The average Bonchev–Trinajstić information content (AvgIpc) is 1.90. The van der Waals surface area contributed by atoms with Crippen LogP contribution in [0.15, 0.2) is 11.8 Å². The Bertz CT molecular complexity index is 270. The maximum absolute atomic E-state index is 6.43. The summed E-state index contributed by atoms with van der Waals surface area (Å²) in [6.07, 6.45) is 2.02. The molecule has 0 N–H and O–H groups in total. The van der Waals surface area contributed by atoms with E-state index in [1.54, 1.807) is 0 Å². The SMILES string of the molecule is C/C=C\[Si](O[Si](C)(C)C)(O[Si](C)(C)C)O[Si](C)(C)C. The van der Waals surface area contributed by atoms with Gasteiger partial charge in [0, 0.05) is 0 Å². The van der Waals surface area contributed by atoms with Crippen LogP contribution in [0.5, 0.6) is 0 Å². The fraction of sp³-hybridized carbons (Fsp3) is 0.833. The molecule has 0 aliphatic rings. The van der Waals surface area contributed by atoms with Crippen molar-refractivity contribution in [1.82, 2.24) is 0 Å². The van der Waals surface area contributed by atoms with Crippen LogP contribution in [0.4, 0.5) is 0 Å². The predicted octanol–water partition coefficient (Wildman–Crippen LogP) is 4.60. The van der Waals surface area contributed by atoms with Gasteiger partial charge in [0.15, 0.2) is 25.0 Å². The van der Waals surface area contributed by atoms with Gasteiger partial charge in [-0.2, -0.15) is 0 Å². The Kier molecular flexibility index (Phi) is 6.67. The molecule has 0 amide bonds. The molecule has 114 valence electrons. The number of hydrogen-bond acceptors (Lipinski definition) is 3. The molecule has 0 aromatic carbocycles. The quantitative estimate of drug-likeness (QED) is 0.636. The van der Waals surface area contributed by atoms with Gasteiger partial charge in [0.25, 0.3) is 0 Å². The van der Waals surface area contributed by atoms with E-state index in [1.807, 2.05) is 13.0 Å². The molecule has 0 aliphatic carbocycles. The van der Waals surface area contributed by atoms with E-state index in [-0.39, 0.29) is 0 Å². The van der Waals surface area contributed by atoms with Crippen LogP contribution in [-0.2, 0) is 12.3 Å². The van der Waals surface area contributed by atoms with Gasteiger partial charge >= 0.3 is 8.80 Å². The summed E-state index contributed by atoms with van der Waals surface area (Å²) in [6, 6.07) is 0. The zero-order chi connectivity index (χ0) is 15.5. The number of allylic oxidation sites excluding steroid dienone is 1. The standard InChI is InChI=1S/C12H32O3Si4/c1-11-12-19(13-16(2,3)4,14-17(5,6)7)15-18(8,9)10/h11-12H,1-10H3/b12-11-. The van der Waals surface area contributed by atoms with Gasteiger partial charge in [-0.25, -0.2) is 0 Å². The molecule has 0 bridgehead atoms. The first-order valence-electron chi connectivity index (χ1n) is 6.92. The van der Waals surface area contributed by atoms with Gasteiger partial charge in [-0.15, -0.1) is 0 Å². The lowest BCUT2D eigenvalue weighted by molar-refractivity contribution is 0.271. The molecule has 0 radical (unpaired) electrons. The van der Waals surface area contributed by atoms with E-state index in [0.717, 1.165) is 0 Å². The smallest absolute Gasteiger partial charge is 0.414 e. The van der Waals surface area contributed by atoms with Crippen molar-refractivity contribution in [3.05, 3.63) is 11.8 Å². The Morgan fingerprint density at radius 1 is 0.579 bits per heavy atom. The molecule has 0 aromatic rings. The second kappa shape index (κ2) is 6.50. The molecule has 3 nitrogen and oxygen atoms in total. The predicted molar refractivity (Wildman–Crippen MR) is 93.9 cm³/mol. The summed E-state index contributed by atoms with van der Waals surface area (Å²) in [6.45, 7) is 21.8. The third-order valence-corrected chi connectivity index (χ3v) is 13.2. The minimum atomic E-state index is -2.70. The normalized spacial score (nSPS) is 15.3. The van der Waals surface area contributed by atoms with Crippen molar-refractivity contribution in [3.63, 3.8) is 0 Å². The maximum Gasteiger partial charge on any atom is 0.497 e. The van der Waals surface area contributed by atoms with Crippen LogP contribution in [0.1, 0.15) is 6.92 Å². The molecule has 7 heteroatoms. The minimum Gasteiger partial charge on any atom is -0.414 e. The molecule has 0 unspecified atom stereocenters. The van der Waals surface area contributed by atoms with Crippen LogP contribution in [0.2, 0.25) is 58.9 Å². The summed E-state index contributed by atoms with van der Waals surface area (Å²) < 4.78 is 19.3. The molecular formula is C12H32O3Si4. The van der Waals surface area contributed by atoms with E-state index in [1.165, 1.54) is 0 Å². The highest BCUT2D eigenvalue weighted by Gasteiger charge is 2.48. The Balaban J connectivity index is 5.47. The summed E-state index contributed by atoms with van der Waals surface area (Å²) in [5, 5.41) is 0. The van der Waals surface area contributed by atoms with E-state index < -0.39 is 33.8 Å². The number of rotatable bonds is 7.